The third-order valence-corrected chi connectivity index (χ3v) is 4.17. The van der Waals surface area contributed by atoms with Gasteiger partial charge in [0.2, 0.25) is 0 Å². The van der Waals surface area contributed by atoms with Crippen LogP contribution in [0, 0.1) is 0 Å². The van der Waals surface area contributed by atoms with E-state index in [1.807, 2.05) is 82.6 Å². The van der Waals surface area contributed by atoms with Crippen LogP contribution in [-0.4, -0.2) is 38.4 Å². The zero-order valence-electron chi connectivity index (χ0n) is 18.7. The van der Waals surface area contributed by atoms with Gasteiger partial charge in [0.15, 0.2) is 0 Å². The van der Waals surface area contributed by atoms with E-state index >= 15 is 0 Å². The molecule has 0 saturated carbocycles. The Morgan fingerprint density at radius 1 is 0.600 bits per heavy atom. The minimum absolute atomic E-state index is 0.192. The summed E-state index contributed by atoms with van der Waals surface area (Å²) in [5.41, 5.74) is 5.47. The number of aliphatic hydroxyl groups is 2. The standard InChI is InChI=1S/C21H23N3O2.2C2H6/c25-12-2-4-16-8-10-18(22-14-16)20-6-1-7-21(24-20)19-11-9-17(15-23-19)5-3-13-26;2*1-2/h1,6-11,14-15,25-26H,2-5,12-13H2;2*1-2H3. The third-order valence-electron chi connectivity index (χ3n) is 4.17. The lowest BCUT2D eigenvalue weighted by Gasteiger charge is -2.06. The van der Waals surface area contributed by atoms with Crippen LogP contribution >= 0.6 is 0 Å². The summed E-state index contributed by atoms with van der Waals surface area (Å²) in [4.78, 5) is 13.7. The van der Waals surface area contributed by atoms with Gasteiger partial charge in [0.1, 0.15) is 0 Å². The molecular weight excluding hydrogens is 374 g/mol. The zero-order chi connectivity index (χ0) is 22.2. The normalized spacial score (nSPS) is 9.80. The molecule has 5 nitrogen and oxygen atoms in total. The Bertz CT molecular complexity index is 752. The van der Waals surface area contributed by atoms with Crippen molar-refractivity contribution in [1.82, 2.24) is 15.0 Å². The van der Waals surface area contributed by atoms with E-state index in [0.29, 0.717) is 0 Å². The van der Waals surface area contributed by atoms with E-state index in [0.717, 1.165) is 59.6 Å². The highest BCUT2D eigenvalue weighted by Gasteiger charge is 2.06. The van der Waals surface area contributed by atoms with Gasteiger partial charge in [-0.25, -0.2) is 4.98 Å². The van der Waals surface area contributed by atoms with Crippen LogP contribution in [0.5, 0.6) is 0 Å². The maximum atomic E-state index is 8.91. The molecule has 3 rings (SSSR count). The number of nitrogens with zero attached hydrogens (tertiary/aromatic N) is 3. The minimum Gasteiger partial charge on any atom is -0.396 e. The van der Waals surface area contributed by atoms with Crippen molar-refractivity contribution in [2.24, 2.45) is 0 Å². The van der Waals surface area contributed by atoms with Gasteiger partial charge in [0.25, 0.3) is 0 Å². The van der Waals surface area contributed by atoms with Crippen molar-refractivity contribution in [2.45, 2.75) is 53.4 Å². The molecule has 0 amide bonds. The summed E-state index contributed by atoms with van der Waals surface area (Å²) < 4.78 is 0. The van der Waals surface area contributed by atoms with Crippen LogP contribution in [0.3, 0.4) is 0 Å². The molecule has 0 aliphatic rings. The van der Waals surface area contributed by atoms with E-state index < -0.39 is 0 Å². The Labute approximate surface area is 180 Å². The summed E-state index contributed by atoms with van der Waals surface area (Å²) >= 11 is 0. The SMILES string of the molecule is CC.CC.OCCCc1ccc(-c2cccc(-c3ccc(CCCO)cn3)n2)nc1. The molecule has 2 N–H and O–H groups in total. The first-order valence-electron chi connectivity index (χ1n) is 10.9. The smallest absolute Gasteiger partial charge is 0.0894 e. The van der Waals surface area contributed by atoms with Crippen LogP contribution < -0.4 is 0 Å². The number of hydrogen-bond donors (Lipinski definition) is 2. The summed E-state index contributed by atoms with van der Waals surface area (Å²) in [6.07, 6.45) is 6.82. The van der Waals surface area contributed by atoms with E-state index in [1.165, 1.54) is 0 Å². The first-order chi connectivity index (χ1) is 14.8. The highest BCUT2D eigenvalue weighted by molar-refractivity contribution is 5.61. The molecule has 5 heteroatoms. The topological polar surface area (TPSA) is 79.1 Å². The molecular formula is C25H35N3O2. The van der Waals surface area contributed by atoms with Gasteiger partial charge in [-0.3, -0.25) is 9.97 Å². The fourth-order valence-electron chi connectivity index (χ4n) is 2.73. The zero-order valence-corrected chi connectivity index (χ0v) is 18.7. The van der Waals surface area contributed by atoms with Crippen LogP contribution in [0.4, 0.5) is 0 Å². The van der Waals surface area contributed by atoms with Crippen LogP contribution in [0.25, 0.3) is 22.8 Å². The predicted molar refractivity (Wildman–Crippen MR) is 124 cm³/mol. The van der Waals surface area contributed by atoms with Crippen LogP contribution in [0.1, 0.15) is 51.7 Å². The first-order valence-corrected chi connectivity index (χ1v) is 10.9. The highest BCUT2D eigenvalue weighted by atomic mass is 16.3. The lowest BCUT2D eigenvalue weighted by Crippen LogP contribution is -1.95. The Balaban J connectivity index is 0.00000106. The molecule has 0 bridgehead atoms. The van der Waals surface area contributed by atoms with Crippen molar-refractivity contribution in [3.63, 3.8) is 0 Å². The summed E-state index contributed by atoms with van der Waals surface area (Å²) in [6, 6.07) is 13.8. The fraction of sp³-hybridized carbons (Fsp3) is 0.400. The van der Waals surface area contributed by atoms with Gasteiger partial charge in [0, 0.05) is 25.6 Å². The maximum Gasteiger partial charge on any atom is 0.0894 e. The van der Waals surface area contributed by atoms with Gasteiger partial charge in [-0.05, 0) is 61.1 Å². The van der Waals surface area contributed by atoms with Gasteiger partial charge in [-0.15, -0.1) is 0 Å². The fourth-order valence-corrected chi connectivity index (χ4v) is 2.73. The molecule has 0 atom stereocenters. The van der Waals surface area contributed by atoms with Crippen LogP contribution in [-0.2, 0) is 12.8 Å². The first kappa shape index (κ1) is 25.4. The number of aryl methyl sites for hydroxylation is 2. The Kier molecular flexibility index (Phi) is 12.9. The average Bonchev–Trinajstić information content (AvgIpc) is 2.84. The van der Waals surface area contributed by atoms with E-state index in [1.54, 1.807) is 0 Å². The Morgan fingerprint density at radius 2 is 1.03 bits per heavy atom. The van der Waals surface area contributed by atoms with Gasteiger partial charge in [-0.1, -0.05) is 45.9 Å². The summed E-state index contributed by atoms with van der Waals surface area (Å²) in [5.74, 6) is 0. The molecule has 0 fully saturated rings. The summed E-state index contributed by atoms with van der Waals surface area (Å²) in [5, 5.41) is 17.8. The Morgan fingerprint density at radius 3 is 1.37 bits per heavy atom. The van der Waals surface area contributed by atoms with E-state index in [2.05, 4.69) is 9.97 Å². The molecule has 3 aromatic rings. The Hall–Kier alpha value is -2.63. The molecule has 0 aliphatic carbocycles. The van der Waals surface area contributed by atoms with Crippen molar-refractivity contribution in [2.75, 3.05) is 13.2 Å². The molecule has 0 unspecified atom stereocenters. The van der Waals surface area contributed by atoms with E-state index in [9.17, 15) is 0 Å². The van der Waals surface area contributed by atoms with E-state index in [4.69, 9.17) is 15.2 Å². The summed E-state index contributed by atoms with van der Waals surface area (Å²) in [6.45, 7) is 8.38. The number of aliphatic hydroxyl groups excluding tert-OH is 2. The largest absolute Gasteiger partial charge is 0.396 e. The molecule has 0 saturated heterocycles. The second-order valence-electron chi connectivity index (χ2n) is 6.17. The number of hydrogen-bond acceptors (Lipinski definition) is 5. The molecule has 0 radical (unpaired) electrons. The summed E-state index contributed by atoms with van der Waals surface area (Å²) in [7, 11) is 0. The second-order valence-corrected chi connectivity index (χ2v) is 6.17. The van der Waals surface area contributed by atoms with Crippen molar-refractivity contribution in [1.29, 1.82) is 0 Å². The van der Waals surface area contributed by atoms with Gasteiger partial charge < -0.3 is 10.2 Å². The van der Waals surface area contributed by atoms with Gasteiger partial charge in [-0.2, -0.15) is 0 Å². The van der Waals surface area contributed by atoms with E-state index in [-0.39, 0.29) is 13.2 Å². The van der Waals surface area contributed by atoms with Crippen molar-refractivity contribution in [3.8, 4) is 22.8 Å². The number of pyridine rings is 3. The molecule has 0 aromatic carbocycles. The quantitative estimate of drug-likeness (QED) is 0.540. The molecule has 162 valence electrons. The lowest BCUT2D eigenvalue weighted by atomic mass is 10.1. The molecule has 3 heterocycles. The molecule has 30 heavy (non-hydrogen) atoms. The average molecular weight is 410 g/mol. The predicted octanol–water partition coefficient (Wildman–Crippen LogP) is 5.11. The molecule has 3 aromatic heterocycles. The molecule has 0 aliphatic heterocycles. The van der Waals surface area contributed by atoms with Crippen LogP contribution in [0.15, 0.2) is 54.9 Å². The van der Waals surface area contributed by atoms with Gasteiger partial charge >= 0.3 is 0 Å². The third kappa shape index (κ3) is 8.01. The monoisotopic (exact) mass is 409 g/mol. The highest BCUT2D eigenvalue weighted by Crippen LogP contribution is 2.21. The molecule has 0 spiro atoms. The van der Waals surface area contributed by atoms with Crippen molar-refractivity contribution >= 4 is 0 Å². The number of rotatable bonds is 8. The lowest BCUT2D eigenvalue weighted by molar-refractivity contribution is 0.288. The van der Waals surface area contributed by atoms with Crippen LogP contribution in [0.2, 0.25) is 0 Å². The maximum absolute atomic E-state index is 8.91. The van der Waals surface area contributed by atoms with Crippen molar-refractivity contribution < 1.29 is 10.2 Å². The minimum atomic E-state index is 0.192. The number of aromatic nitrogens is 3. The van der Waals surface area contributed by atoms with Crippen molar-refractivity contribution in [3.05, 3.63) is 66.0 Å². The van der Waals surface area contributed by atoms with Gasteiger partial charge in [0.05, 0.1) is 22.8 Å². The second kappa shape index (κ2) is 15.2.